The molecule has 0 fully saturated rings. The summed E-state index contributed by atoms with van der Waals surface area (Å²) in [5.74, 6) is -1.45. The monoisotopic (exact) mass is 299 g/mol. The van der Waals surface area contributed by atoms with Crippen LogP contribution in [0.2, 0.25) is 0 Å². The molecule has 0 radical (unpaired) electrons. The summed E-state index contributed by atoms with van der Waals surface area (Å²) in [6, 6.07) is 4.68. The minimum absolute atomic E-state index is 0. The van der Waals surface area contributed by atoms with E-state index < -0.39 is 12.0 Å². The highest BCUT2D eigenvalue weighted by molar-refractivity contribution is 5.85. The van der Waals surface area contributed by atoms with E-state index in [1.165, 1.54) is 12.1 Å². The van der Waals surface area contributed by atoms with Gasteiger partial charge < -0.3 is 10.8 Å². The van der Waals surface area contributed by atoms with E-state index in [4.69, 9.17) is 10.8 Å². The number of nitrogens with two attached hydrogens (primary N) is 1. The molecular weight excluding hydrogens is 285 g/mol. The molecule has 0 saturated carbocycles. The average molecular weight is 300 g/mol. The number of rotatable bonds is 3. The molecule has 2 rings (SSSR count). The van der Waals surface area contributed by atoms with Gasteiger partial charge >= 0.3 is 5.97 Å². The second-order valence-corrected chi connectivity index (χ2v) is 4.29. The quantitative estimate of drug-likeness (QED) is 0.910. The van der Waals surface area contributed by atoms with Gasteiger partial charge in [-0.2, -0.15) is 5.10 Å². The number of halogens is 2. The molecule has 7 heteroatoms. The average Bonchev–Trinajstić information content (AvgIpc) is 2.65. The zero-order valence-electron chi connectivity index (χ0n) is 11.0. The predicted octanol–water partition coefficient (Wildman–Crippen LogP) is 2.13. The Kier molecular flexibility index (Phi) is 4.86. The lowest BCUT2D eigenvalue weighted by atomic mass is 10.1. The van der Waals surface area contributed by atoms with Crippen LogP contribution in [0.25, 0.3) is 5.69 Å². The van der Waals surface area contributed by atoms with Gasteiger partial charge in [0.05, 0.1) is 11.4 Å². The van der Waals surface area contributed by atoms with Crippen LogP contribution in [0.15, 0.2) is 24.3 Å². The second kappa shape index (κ2) is 6.02. The number of aromatic nitrogens is 2. The number of carboxylic acids is 1. The molecule has 1 aromatic heterocycles. The van der Waals surface area contributed by atoms with Crippen LogP contribution < -0.4 is 5.73 Å². The maximum Gasteiger partial charge on any atom is 0.325 e. The Morgan fingerprint density at radius 2 is 1.90 bits per heavy atom. The third-order valence-corrected chi connectivity index (χ3v) is 3.00. The van der Waals surface area contributed by atoms with Crippen molar-refractivity contribution in [2.45, 2.75) is 19.9 Å². The zero-order chi connectivity index (χ0) is 14.2. The largest absolute Gasteiger partial charge is 0.480 e. The number of carboxylic acid groups (broad SMARTS) is 1. The minimum atomic E-state index is -1.12. The summed E-state index contributed by atoms with van der Waals surface area (Å²) in [6.07, 6.45) is 0. The molecule has 0 aliphatic rings. The zero-order valence-corrected chi connectivity index (χ0v) is 11.8. The summed E-state index contributed by atoms with van der Waals surface area (Å²) in [5.41, 5.74) is 7.97. The van der Waals surface area contributed by atoms with Gasteiger partial charge in [0, 0.05) is 11.3 Å². The van der Waals surface area contributed by atoms with Crippen molar-refractivity contribution in [3.63, 3.8) is 0 Å². The van der Waals surface area contributed by atoms with Crippen molar-refractivity contribution in [3.8, 4) is 5.69 Å². The van der Waals surface area contributed by atoms with Crippen molar-refractivity contribution in [2.24, 2.45) is 5.73 Å². The van der Waals surface area contributed by atoms with Gasteiger partial charge in [-0.15, -0.1) is 12.4 Å². The summed E-state index contributed by atoms with van der Waals surface area (Å²) in [6.45, 7) is 3.44. The molecule has 0 saturated heterocycles. The molecular formula is C13H15ClFN3O2. The molecule has 0 bridgehead atoms. The van der Waals surface area contributed by atoms with E-state index in [9.17, 15) is 9.18 Å². The highest BCUT2D eigenvalue weighted by atomic mass is 35.5. The molecule has 0 aliphatic heterocycles. The maximum absolute atomic E-state index is 12.9. The molecule has 0 aliphatic carbocycles. The summed E-state index contributed by atoms with van der Waals surface area (Å²) in [7, 11) is 0. The van der Waals surface area contributed by atoms with Gasteiger partial charge in [0.25, 0.3) is 0 Å². The van der Waals surface area contributed by atoms with Gasteiger partial charge in [-0.05, 0) is 38.1 Å². The molecule has 3 N–H and O–H groups in total. The third-order valence-electron chi connectivity index (χ3n) is 3.00. The van der Waals surface area contributed by atoms with E-state index in [1.54, 1.807) is 30.7 Å². The van der Waals surface area contributed by atoms with Crippen molar-refractivity contribution in [1.82, 2.24) is 9.78 Å². The van der Waals surface area contributed by atoms with E-state index in [0.717, 1.165) is 0 Å². The normalized spacial score (nSPS) is 11.8. The van der Waals surface area contributed by atoms with Crippen molar-refractivity contribution in [3.05, 3.63) is 47.0 Å². The molecule has 5 nitrogen and oxygen atoms in total. The maximum atomic E-state index is 12.9. The summed E-state index contributed by atoms with van der Waals surface area (Å²) in [5, 5.41) is 13.3. The first-order valence-corrected chi connectivity index (χ1v) is 5.72. The number of hydrogen-bond acceptors (Lipinski definition) is 3. The van der Waals surface area contributed by atoms with Crippen molar-refractivity contribution in [2.75, 3.05) is 0 Å². The summed E-state index contributed by atoms with van der Waals surface area (Å²) < 4.78 is 14.5. The molecule has 1 heterocycles. The first-order valence-electron chi connectivity index (χ1n) is 5.72. The lowest BCUT2D eigenvalue weighted by Crippen LogP contribution is -2.22. The smallest absolute Gasteiger partial charge is 0.325 e. The molecule has 0 amide bonds. The lowest BCUT2D eigenvalue weighted by molar-refractivity contribution is -0.138. The van der Waals surface area contributed by atoms with Gasteiger partial charge in [0.1, 0.15) is 11.9 Å². The number of benzene rings is 1. The van der Waals surface area contributed by atoms with Gasteiger partial charge in [0.15, 0.2) is 0 Å². The topological polar surface area (TPSA) is 81.1 Å². The molecule has 2 aromatic rings. The first kappa shape index (κ1) is 16.1. The number of aryl methyl sites for hydroxylation is 1. The number of hydrogen-bond donors (Lipinski definition) is 2. The van der Waals surface area contributed by atoms with Crippen LogP contribution in [0.4, 0.5) is 4.39 Å². The summed E-state index contributed by atoms with van der Waals surface area (Å²) in [4.78, 5) is 11.0. The van der Waals surface area contributed by atoms with Crippen LogP contribution in [-0.4, -0.2) is 20.9 Å². The first-order chi connectivity index (χ1) is 8.91. The second-order valence-electron chi connectivity index (χ2n) is 4.29. The van der Waals surface area contributed by atoms with Crippen molar-refractivity contribution in [1.29, 1.82) is 0 Å². The van der Waals surface area contributed by atoms with Crippen LogP contribution in [-0.2, 0) is 4.79 Å². The Labute approximate surface area is 121 Å². The highest BCUT2D eigenvalue weighted by Gasteiger charge is 2.23. The van der Waals surface area contributed by atoms with E-state index >= 15 is 0 Å². The third kappa shape index (κ3) is 2.81. The Morgan fingerprint density at radius 3 is 2.40 bits per heavy atom. The number of aliphatic carboxylic acids is 1. The fourth-order valence-electron chi connectivity index (χ4n) is 2.06. The molecule has 1 atom stereocenters. The summed E-state index contributed by atoms with van der Waals surface area (Å²) >= 11 is 0. The van der Waals surface area contributed by atoms with Gasteiger partial charge in [-0.3, -0.25) is 4.79 Å². The Balaban J connectivity index is 0.00000200. The lowest BCUT2D eigenvalue weighted by Gasteiger charge is -2.08. The fourth-order valence-corrected chi connectivity index (χ4v) is 2.06. The molecule has 0 spiro atoms. The van der Waals surface area contributed by atoms with Crippen LogP contribution in [0, 0.1) is 19.7 Å². The number of nitrogens with zero attached hydrogens (tertiary/aromatic N) is 2. The Hall–Kier alpha value is -1.92. The van der Waals surface area contributed by atoms with E-state index in [-0.39, 0.29) is 18.2 Å². The number of carbonyl (C=O) groups is 1. The van der Waals surface area contributed by atoms with Gasteiger partial charge in [0.2, 0.25) is 0 Å². The van der Waals surface area contributed by atoms with Crippen molar-refractivity contribution >= 4 is 18.4 Å². The van der Waals surface area contributed by atoms with Crippen LogP contribution in [0.1, 0.15) is 23.0 Å². The Morgan fingerprint density at radius 1 is 1.35 bits per heavy atom. The Bertz CT molecular complexity index is 625. The molecule has 1 aromatic carbocycles. The molecule has 108 valence electrons. The van der Waals surface area contributed by atoms with Crippen molar-refractivity contribution < 1.29 is 14.3 Å². The van der Waals surface area contributed by atoms with Gasteiger partial charge in [-0.25, -0.2) is 9.07 Å². The minimum Gasteiger partial charge on any atom is -0.480 e. The molecule has 20 heavy (non-hydrogen) atoms. The van der Waals surface area contributed by atoms with Gasteiger partial charge in [-0.1, -0.05) is 0 Å². The fraction of sp³-hybridized carbons (Fsp3) is 0.231. The SMILES string of the molecule is Cc1nn(-c2ccc(F)cc2)c(C)c1C(N)C(=O)O.Cl. The highest BCUT2D eigenvalue weighted by Crippen LogP contribution is 2.23. The molecule has 1 unspecified atom stereocenters. The predicted molar refractivity (Wildman–Crippen MR) is 74.8 cm³/mol. The van der Waals surface area contributed by atoms with E-state index in [1.807, 2.05) is 0 Å². The van der Waals surface area contributed by atoms with E-state index in [2.05, 4.69) is 5.10 Å². The van der Waals surface area contributed by atoms with Crippen LogP contribution >= 0.6 is 12.4 Å². The van der Waals surface area contributed by atoms with E-state index in [0.29, 0.717) is 22.6 Å². The van der Waals surface area contributed by atoms with Crippen LogP contribution in [0.3, 0.4) is 0 Å². The standard InChI is InChI=1S/C13H14FN3O2.ClH/c1-7-11(12(15)13(18)19)8(2)17(16-7)10-5-3-9(14)4-6-10;/h3-6,12H,15H2,1-2H3,(H,18,19);1H. The van der Waals surface area contributed by atoms with Crippen LogP contribution in [0.5, 0.6) is 0 Å².